The van der Waals surface area contributed by atoms with E-state index >= 15 is 0 Å². The largest absolute Gasteiger partial charge is 0.256 e. The predicted molar refractivity (Wildman–Crippen MR) is 89.9 cm³/mol. The molecule has 105 valence electrons. The van der Waals surface area contributed by atoms with E-state index in [1.54, 1.807) is 0 Å². The lowest BCUT2D eigenvalue weighted by Crippen LogP contribution is -2.29. The summed E-state index contributed by atoms with van der Waals surface area (Å²) in [7, 11) is -0.784. The first-order valence-electron chi connectivity index (χ1n) is 8.01. The van der Waals surface area contributed by atoms with E-state index in [-0.39, 0.29) is 0 Å². The third-order valence-electron chi connectivity index (χ3n) is 3.02. The highest BCUT2D eigenvalue weighted by Gasteiger charge is 2.17. The number of hydrogen-bond acceptors (Lipinski definition) is 1. The lowest BCUT2D eigenvalue weighted by molar-refractivity contribution is 0.412. The summed E-state index contributed by atoms with van der Waals surface area (Å²) in [5.74, 6) is 0. The van der Waals surface area contributed by atoms with Gasteiger partial charge in [0.2, 0.25) is 0 Å². The summed E-state index contributed by atoms with van der Waals surface area (Å²) in [5, 5.41) is 1.09. The first-order valence-corrected chi connectivity index (χ1v) is 9.51. The normalized spacial score (nSPS) is 14.1. The van der Waals surface area contributed by atoms with Gasteiger partial charge in [-0.05, 0) is 28.6 Å². The van der Waals surface area contributed by atoms with E-state index in [4.69, 9.17) is 2.74 Å². The number of benzene rings is 1. The van der Waals surface area contributed by atoms with Gasteiger partial charge < -0.3 is 0 Å². The Kier molecular flexibility index (Phi) is 3.65. The van der Waals surface area contributed by atoms with Crippen molar-refractivity contribution in [3.8, 4) is 11.3 Å². The first kappa shape index (κ1) is 12.3. The lowest BCUT2D eigenvalue weighted by atomic mass is 9.88. The number of nitrogens with zero attached hydrogens (tertiary/aromatic N) is 1. The molecule has 20 heavy (non-hydrogen) atoms. The highest BCUT2D eigenvalue weighted by atomic mass is 28.3. The van der Waals surface area contributed by atoms with E-state index in [0.29, 0.717) is 0 Å². The van der Waals surface area contributed by atoms with Crippen LogP contribution in [0.4, 0.5) is 0 Å². The minimum Gasteiger partial charge on any atom is -0.256 e. The van der Waals surface area contributed by atoms with E-state index in [9.17, 15) is 0 Å². The van der Waals surface area contributed by atoms with Gasteiger partial charge in [0.15, 0.2) is 0 Å². The molecule has 0 aliphatic heterocycles. The van der Waals surface area contributed by atoms with Gasteiger partial charge >= 0.3 is 0 Å². The van der Waals surface area contributed by atoms with Crippen molar-refractivity contribution in [2.75, 3.05) is 0 Å². The van der Waals surface area contributed by atoms with Gasteiger partial charge in [0.05, 0.1) is 14.5 Å². The molecule has 0 saturated carbocycles. The molecule has 0 spiro atoms. The van der Waals surface area contributed by atoms with E-state index < -0.39 is 20.6 Å². The number of pyridine rings is 1. The van der Waals surface area contributed by atoms with Gasteiger partial charge in [-0.15, -0.1) is 0 Å². The van der Waals surface area contributed by atoms with Crippen LogP contribution in [0.2, 0.25) is 13.1 Å². The van der Waals surface area contributed by atoms with Crippen LogP contribution in [-0.4, -0.2) is 13.8 Å². The smallest absolute Gasteiger partial charge is 0.0816 e. The van der Waals surface area contributed by atoms with Crippen molar-refractivity contribution in [1.29, 1.82) is 0 Å². The molecule has 0 unspecified atom stereocenters. The van der Waals surface area contributed by atoms with Gasteiger partial charge in [0.25, 0.3) is 0 Å². The van der Waals surface area contributed by atoms with E-state index in [2.05, 4.69) is 18.1 Å². The van der Waals surface area contributed by atoms with E-state index in [0.717, 1.165) is 22.0 Å². The van der Waals surface area contributed by atoms with Crippen LogP contribution in [0.25, 0.3) is 11.3 Å². The Balaban J connectivity index is 2.64. The van der Waals surface area contributed by atoms with Crippen LogP contribution in [0.3, 0.4) is 0 Å². The molecule has 1 aromatic heterocycles. The molecule has 1 radical (unpaired) electrons. The van der Waals surface area contributed by atoms with Crippen LogP contribution >= 0.6 is 0 Å². The molecule has 2 heteroatoms. The Bertz CT molecular complexity index is 646. The Labute approximate surface area is 127 Å². The maximum Gasteiger partial charge on any atom is 0.0816 e. The fourth-order valence-corrected chi connectivity index (χ4v) is 3.12. The van der Waals surface area contributed by atoms with E-state index in [1.807, 2.05) is 63.4 Å². The maximum atomic E-state index is 8.67. The third kappa shape index (κ3) is 3.79. The van der Waals surface area contributed by atoms with Crippen LogP contribution in [0.15, 0.2) is 42.6 Å². The minimum absolute atomic E-state index is 0.464. The fourth-order valence-electron chi connectivity index (χ4n) is 2.13. The second kappa shape index (κ2) is 5.92. The Hall–Kier alpha value is -1.41. The Morgan fingerprint density at radius 3 is 2.35 bits per heavy atom. The van der Waals surface area contributed by atoms with Crippen molar-refractivity contribution in [1.82, 2.24) is 4.98 Å². The predicted octanol–water partition coefficient (Wildman–Crippen LogP) is 4.30. The number of hydrogen-bond donors (Lipinski definition) is 0. The molecule has 2 aromatic rings. The molecule has 0 bridgehead atoms. The minimum atomic E-state index is -1.39. The second-order valence-electron chi connectivity index (χ2n) is 6.36. The highest BCUT2D eigenvalue weighted by molar-refractivity contribution is 6.71. The van der Waals surface area contributed by atoms with Crippen LogP contribution in [0.1, 0.15) is 29.1 Å². The van der Waals surface area contributed by atoms with Crippen LogP contribution in [-0.2, 0) is 6.37 Å². The summed E-state index contributed by atoms with van der Waals surface area (Å²) in [5.41, 5.74) is 2.21. The molecule has 0 aliphatic rings. The fraction of sp³-hybridized carbons (Fsp3) is 0.389. The van der Waals surface area contributed by atoms with Crippen LogP contribution < -0.4 is 5.19 Å². The average Bonchev–Trinajstić information content (AvgIpc) is 2.46. The van der Waals surface area contributed by atoms with Crippen LogP contribution in [0.5, 0.6) is 0 Å². The molecular weight excluding hydrogens is 258 g/mol. The maximum absolute atomic E-state index is 8.67. The van der Waals surface area contributed by atoms with Crippen molar-refractivity contribution in [2.45, 2.75) is 40.2 Å². The summed E-state index contributed by atoms with van der Waals surface area (Å²) < 4.78 is 17.3. The average molecular weight is 284 g/mol. The second-order valence-corrected chi connectivity index (χ2v) is 8.89. The zero-order chi connectivity index (χ0) is 16.5. The summed E-state index contributed by atoms with van der Waals surface area (Å²) in [6.45, 7) is 10.2. The number of rotatable bonds is 3. The van der Waals surface area contributed by atoms with Gasteiger partial charge in [0.1, 0.15) is 0 Å². The molecule has 0 atom stereocenters. The molecule has 0 fully saturated rings. The quantitative estimate of drug-likeness (QED) is 0.766. The Morgan fingerprint density at radius 1 is 1.15 bits per heavy atom. The summed E-state index contributed by atoms with van der Waals surface area (Å²) >= 11 is 0. The van der Waals surface area contributed by atoms with E-state index in [1.165, 1.54) is 0 Å². The standard InChI is InChI=1S/C18H24NSi/c1-18(2,3)12-15-11-16(14-9-7-6-8-10-14)19-13-17(15)20(4)5/h6-11,13H,12H2,1-5H3/i12D2. The van der Waals surface area contributed by atoms with Gasteiger partial charge in [-0.1, -0.05) is 64.2 Å². The van der Waals surface area contributed by atoms with Crippen molar-refractivity contribution >= 4 is 14.0 Å². The molecule has 2 rings (SSSR count). The van der Waals surface area contributed by atoms with Crippen molar-refractivity contribution in [2.24, 2.45) is 5.41 Å². The monoisotopic (exact) mass is 284 g/mol. The SMILES string of the molecule is [2H]C([2H])(c1cc(-c2ccccc2)ncc1[Si](C)C)C(C)(C)C. The molecular formula is C18H24NSi. The topological polar surface area (TPSA) is 12.9 Å². The van der Waals surface area contributed by atoms with Crippen LogP contribution in [0, 0.1) is 5.41 Å². The zero-order valence-electron chi connectivity index (χ0n) is 15.0. The molecule has 1 heterocycles. The first-order chi connectivity index (χ1) is 10.1. The molecule has 0 N–H and O–H groups in total. The molecule has 1 aromatic carbocycles. The van der Waals surface area contributed by atoms with Crippen molar-refractivity contribution < 1.29 is 2.74 Å². The summed E-state index contributed by atoms with van der Waals surface area (Å²) in [4.78, 5) is 4.59. The Morgan fingerprint density at radius 2 is 1.80 bits per heavy atom. The van der Waals surface area contributed by atoms with Gasteiger partial charge in [-0.3, -0.25) is 4.98 Å². The lowest BCUT2D eigenvalue weighted by Gasteiger charge is -2.22. The molecule has 0 aliphatic carbocycles. The van der Waals surface area contributed by atoms with Gasteiger partial charge in [0, 0.05) is 14.5 Å². The summed E-state index contributed by atoms with van der Waals surface area (Å²) in [6.07, 6.45) is 0.492. The number of aromatic nitrogens is 1. The highest BCUT2D eigenvalue weighted by Crippen LogP contribution is 2.23. The van der Waals surface area contributed by atoms with Crippen molar-refractivity contribution in [3.05, 3.63) is 48.2 Å². The molecule has 0 saturated heterocycles. The van der Waals surface area contributed by atoms with Gasteiger partial charge in [-0.2, -0.15) is 0 Å². The van der Waals surface area contributed by atoms with Gasteiger partial charge in [-0.25, -0.2) is 0 Å². The molecule has 0 amide bonds. The summed E-state index contributed by atoms with van der Waals surface area (Å²) in [6, 6.07) is 11.9. The van der Waals surface area contributed by atoms with Crippen molar-refractivity contribution in [3.63, 3.8) is 0 Å². The third-order valence-corrected chi connectivity index (χ3v) is 4.50. The zero-order valence-corrected chi connectivity index (χ0v) is 14.0. The molecule has 1 nitrogen and oxygen atoms in total.